The van der Waals surface area contributed by atoms with E-state index in [0.717, 1.165) is 11.1 Å². The molecular weight excluding hydrogens is 730 g/mol. The summed E-state index contributed by atoms with van der Waals surface area (Å²) >= 11 is 0. The molecule has 1 aromatic heterocycles. The van der Waals surface area contributed by atoms with Crippen LogP contribution in [-0.4, -0.2) is 100 Å². The molecule has 0 spiro atoms. The Morgan fingerprint density at radius 2 is 1.14 bits per heavy atom. The molecule has 3 heterocycles. The smallest absolute Gasteiger partial charge is 0.247 e. The van der Waals surface area contributed by atoms with Gasteiger partial charge in [-0.1, -0.05) is 24.3 Å². The molecule has 4 atom stereocenters. The second-order valence-electron chi connectivity index (χ2n) is 14.1. The Kier molecular flexibility index (Phi) is 11.6. The minimum Gasteiger partial charge on any atom is -0.497 e. The van der Waals surface area contributed by atoms with Crippen LogP contribution >= 0.6 is 0 Å². The summed E-state index contributed by atoms with van der Waals surface area (Å²) in [5.41, 5.74) is 3.89. The molecule has 2 aliphatic heterocycles. The Balaban J connectivity index is 0.937. The quantitative estimate of drug-likeness (QED) is 0.143. The summed E-state index contributed by atoms with van der Waals surface area (Å²) in [6.45, 7) is 0.145. The number of likely N-dealkylation sites (tertiary alicyclic amines) is 2. The SMILES string of the molecule is COc1cccc(CC(=O)N2CC(O)CC2C(=O)Nc2ccc(-c3cnc(-c4ccc(NC(=O)C5CC(O)CN5C(=O)Cc5cccc(OC)c5)cc4)o3)cc2)c1. The molecule has 0 aliphatic carbocycles. The van der Waals surface area contributed by atoms with Crippen LogP contribution in [0.3, 0.4) is 0 Å². The molecule has 14 nitrogen and oxygen atoms in total. The van der Waals surface area contributed by atoms with E-state index < -0.39 is 36.1 Å². The minimum absolute atomic E-state index is 0.0719. The van der Waals surface area contributed by atoms with Gasteiger partial charge in [-0.3, -0.25) is 19.2 Å². The number of hydrogen-bond acceptors (Lipinski definition) is 10. The minimum atomic E-state index is -0.823. The van der Waals surface area contributed by atoms with Gasteiger partial charge in [-0.05, 0) is 83.9 Å². The Bertz CT molecular complexity index is 2080. The number of anilines is 2. The molecule has 2 fully saturated rings. The number of nitrogens with zero attached hydrogens (tertiary/aromatic N) is 3. The summed E-state index contributed by atoms with van der Waals surface area (Å²) in [6, 6.07) is 26.6. The van der Waals surface area contributed by atoms with E-state index in [9.17, 15) is 29.4 Å². The highest BCUT2D eigenvalue weighted by Crippen LogP contribution is 2.29. The van der Waals surface area contributed by atoms with Gasteiger partial charge in [-0.15, -0.1) is 0 Å². The lowest BCUT2D eigenvalue weighted by molar-refractivity contribution is -0.136. The molecule has 57 heavy (non-hydrogen) atoms. The van der Waals surface area contributed by atoms with Crippen molar-refractivity contribution in [3.63, 3.8) is 0 Å². The fraction of sp³-hybridized carbons (Fsp3) is 0.279. The van der Waals surface area contributed by atoms with Crippen LogP contribution in [0.4, 0.5) is 11.4 Å². The van der Waals surface area contributed by atoms with Gasteiger partial charge in [0.15, 0.2) is 5.76 Å². The Morgan fingerprint density at radius 3 is 1.60 bits per heavy atom. The summed E-state index contributed by atoms with van der Waals surface area (Å²) in [5.74, 6) is 0.793. The Hall–Kier alpha value is -6.51. The van der Waals surface area contributed by atoms with Gasteiger partial charge in [0, 0.05) is 48.4 Å². The number of carbonyl (C=O) groups excluding carboxylic acids is 4. The summed E-state index contributed by atoms with van der Waals surface area (Å²) in [6.07, 6.45) is 0.393. The molecule has 0 bridgehead atoms. The zero-order chi connectivity index (χ0) is 40.1. The van der Waals surface area contributed by atoms with E-state index in [1.165, 1.54) is 9.80 Å². The molecule has 2 saturated heterocycles. The molecular formula is C43H43N5O9. The molecule has 7 rings (SSSR count). The number of aromatic nitrogens is 1. The van der Waals surface area contributed by atoms with Gasteiger partial charge in [0.05, 0.1) is 45.5 Å². The molecule has 0 radical (unpaired) electrons. The molecule has 4 aromatic carbocycles. The number of β-amino-alcohol motifs (C(OH)–C–C–N with tert-alkyl or cyclic N) is 2. The maximum absolute atomic E-state index is 13.3. The van der Waals surface area contributed by atoms with Gasteiger partial charge in [0.1, 0.15) is 23.6 Å². The summed E-state index contributed by atoms with van der Waals surface area (Å²) in [7, 11) is 3.10. The van der Waals surface area contributed by atoms with E-state index in [1.54, 1.807) is 105 Å². The van der Waals surface area contributed by atoms with Gasteiger partial charge >= 0.3 is 0 Å². The fourth-order valence-electron chi connectivity index (χ4n) is 7.20. The zero-order valence-electron chi connectivity index (χ0n) is 31.5. The van der Waals surface area contributed by atoms with Crippen molar-refractivity contribution in [3.8, 4) is 34.3 Å². The van der Waals surface area contributed by atoms with Gasteiger partial charge < -0.3 is 44.5 Å². The lowest BCUT2D eigenvalue weighted by Crippen LogP contribution is -2.43. The number of carbonyl (C=O) groups is 4. The second-order valence-corrected chi connectivity index (χ2v) is 14.1. The van der Waals surface area contributed by atoms with Gasteiger partial charge in [0.2, 0.25) is 29.5 Å². The van der Waals surface area contributed by atoms with E-state index in [-0.39, 0.29) is 50.6 Å². The molecule has 4 amide bonds. The van der Waals surface area contributed by atoms with Crippen molar-refractivity contribution in [2.75, 3.05) is 37.9 Å². The van der Waals surface area contributed by atoms with E-state index in [4.69, 9.17) is 13.9 Å². The van der Waals surface area contributed by atoms with Crippen LogP contribution in [0.5, 0.6) is 11.5 Å². The molecule has 4 N–H and O–H groups in total. The number of methoxy groups -OCH3 is 2. The van der Waals surface area contributed by atoms with E-state index in [0.29, 0.717) is 45.7 Å². The number of aliphatic hydroxyl groups is 2. The number of oxazole rings is 1. The predicted octanol–water partition coefficient (Wildman–Crippen LogP) is 4.31. The van der Waals surface area contributed by atoms with Crippen molar-refractivity contribution >= 4 is 35.0 Å². The summed E-state index contributed by atoms with van der Waals surface area (Å²) < 4.78 is 16.5. The van der Waals surface area contributed by atoms with Crippen molar-refractivity contribution < 1.29 is 43.3 Å². The van der Waals surface area contributed by atoms with Crippen LogP contribution < -0.4 is 20.1 Å². The van der Waals surface area contributed by atoms with Gasteiger partial charge in [-0.25, -0.2) is 4.98 Å². The van der Waals surface area contributed by atoms with Crippen molar-refractivity contribution in [1.29, 1.82) is 0 Å². The monoisotopic (exact) mass is 773 g/mol. The summed E-state index contributed by atoms with van der Waals surface area (Å²) in [4.78, 5) is 60.3. The Morgan fingerprint density at radius 1 is 0.684 bits per heavy atom. The van der Waals surface area contributed by atoms with Crippen molar-refractivity contribution in [3.05, 3.63) is 114 Å². The third kappa shape index (κ3) is 9.14. The number of ether oxygens (including phenoxy) is 2. The molecule has 14 heteroatoms. The summed E-state index contributed by atoms with van der Waals surface area (Å²) in [5, 5.41) is 26.4. The molecule has 0 saturated carbocycles. The molecule has 4 unspecified atom stereocenters. The lowest BCUT2D eigenvalue weighted by Gasteiger charge is -2.24. The van der Waals surface area contributed by atoms with Crippen molar-refractivity contribution in [2.24, 2.45) is 0 Å². The maximum atomic E-state index is 13.3. The average Bonchev–Trinajstić information content (AvgIpc) is 3.97. The number of benzene rings is 4. The lowest BCUT2D eigenvalue weighted by atomic mass is 10.1. The first-order valence-electron chi connectivity index (χ1n) is 18.6. The third-order valence-electron chi connectivity index (χ3n) is 10.1. The number of rotatable bonds is 12. The predicted molar refractivity (Wildman–Crippen MR) is 210 cm³/mol. The topological polar surface area (TPSA) is 184 Å². The number of hydrogen-bond donors (Lipinski definition) is 4. The maximum Gasteiger partial charge on any atom is 0.247 e. The fourth-order valence-corrected chi connectivity index (χ4v) is 7.20. The normalized spacial score (nSPS) is 18.9. The van der Waals surface area contributed by atoms with Crippen molar-refractivity contribution in [1.82, 2.24) is 14.8 Å². The van der Waals surface area contributed by atoms with Crippen LogP contribution in [0, 0.1) is 0 Å². The number of aliphatic hydroxyl groups excluding tert-OH is 2. The first-order chi connectivity index (χ1) is 27.6. The highest BCUT2D eigenvalue weighted by atomic mass is 16.5. The van der Waals surface area contributed by atoms with Crippen LogP contribution in [0.25, 0.3) is 22.8 Å². The van der Waals surface area contributed by atoms with Crippen LogP contribution in [0.1, 0.15) is 24.0 Å². The molecule has 2 aliphatic rings. The second kappa shape index (κ2) is 17.1. The van der Waals surface area contributed by atoms with E-state index >= 15 is 0 Å². The van der Waals surface area contributed by atoms with Crippen molar-refractivity contribution in [2.45, 2.75) is 50.0 Å². The zero-order valence-corrected chi connectivity index (χ0v) is 31.5. The van der Waals surface area contributed by atoms with Crippen LogP contribution in [0.2, 0.25) is 0 Å². The van der Waals surface area contributed by atoms with Gasteiger partial charge in [0.25, 0.3) is 0 Å². The number of nitrogens with one attached hydrogen (secondary N) is 2. The first kappa shape index (κ1) is 38.8. The van der Waals surface area contributed by atoms with Gasteiger partial charge in [-0.2, -0.15) is 0 Å². The largest absolute Gasteiger partial charge is 0.497 e. The van der Waals surface area contributed by atoms with E-state index in [1.807, 2.05) is 12.1 Å². The number of amides is 4. The first-order valence-corrected chi connectivity index (χ1v) is 18.6. The van der Waals surface area contributed by atoms with Crippen LogP contribution in [0.15, 0.2) is 108 Å². The molecule has 5 aromatic rings. The highest BCUT2D eigenvalue weighted by Gasteiger charge is 2.40. The highest BCUT2D eigenvalue weighted by molar-refractivity contribution is 5.99. The van der Waals surface area contributed by atoms with E-state index in [2.05, 4.69) is 15.6 Å². The molecule has 294 valence electrons. The average molecular weight is 774 g/mol. The standard InChI is InChI=1S/C43H43N5O9/c1-55-34-7-3-5-26(17-34)19-39(51)47-24-32(49)21-36(47)41(53)45-30-13-9-28(10-14-30)38-23-44-43(57-38)29-11-15-31(16-12-29)46-42(54)37-22-33(50)25-48(37)40(52)20-27-6-4-8-35(18-27)56-2/h3-18,23,32-33,36-37,49-50H,19-22,24-25H2,1-2H3,(H,45,53)(H,46,54). The Labute approximate surface area is 329 Å². The van der Waals surface area contributed by atoms with Crippen LogP contribution in [-0.2, 0) is 32.0 Å². The third-order valence-corrected chi connectivity index (χ3v) is 10.1.